The number of alkyl halides is 3. The third kappa shape index (κ3) is 11.2. The molecular weight excluding hydrogens is 808 g/mol. The van der Waals surface area contributed by atoms with Crippen molar-refractivity contribution in [1.82, 2.24) is 34.9 Å². The van der Waals surface area contributed by atoms with Crippen LogP contribution in [-0.4, -0.2) is 59.9 Å². The molecule has 0 saturated heterocycles. The molecule has 0 saturated carbocycles. The molecule has 6 heterocycles. The van der Waals surface area contributed by atoms with Crippen molar-refractivity contribution in [3.8, 4) is 51.4 Å². The van der Waals surface area contributed by atoms with E-state index in [0.29, 0.717) is 28.4 Å². The molecule has 320 valence electrons. The summed E-state index contributed by atoms with van der Waals surface area (Å²) < 4.78 is 59.3. The lowest BCUT2D eigenvalue weighted by molar-refractivity contribution is -0.274. The van der Waals surface area contributed by atoms with Crippen molar-refractivity contribution in [2.75, 3.05) is 17.4 Å². The van der Waals surface area contributed by atoms with Gasteiger partial charge in [-0.15, -0.1) is 13.2 Å². The van der Waals surface area contributed by atoms with Crippen LogP contribution in [0.25, 0.3) is 22.5 Å². The maximum Gasteiger partial charge on any atom is 0.573 e. The molecule has 2 N–H and O–H groups in total. The van der Waals surface area contributed by atoms with Crippen LogP contribution in [0.15, 0.2) is 116 Å². The van der Waals surface area contributed by atoms with Gasteiger partial charge in [0, 0.05) is 51.0 Å². The van der Waals surface area contributed by atoms with Crippen molar-refractivity contribution >= 4 is 23.5 Å². The van der Waals surface area contributed by atoms with Crippen molar-refractivity contribution in [2.45, 2.75) is 41.0 Å². The smallest absolute Gasteiger partial charge is 0.454 e. The summed E-state index contributed by atoms with van der Waals surface area (Å²) in [6.45, 7) is 9.81. The van der Waals surface area contributed by atoms with E-state index in [1.54, 1.807) is 55.8 Å². The molecule has 0 fully saturated rings. The molecule has 0 radical (unpaired) electrons. The fourth-order valence-electron chi connectivity index (χ4n) is 5.67. The first-order valence-corrected chi connectivity index (χ1v) is 18.9. The van der Waals surface area contributed by atoms with Gasteiger partial charge in [-0.05, 0) is 86.0 Å². The molecule has 5 aromatic heterocycles. The van der Waals surface area contributed by atoms with Gasteiger partial charge in [0.25, 0.3) is 11.8 Å². The summed E-state index contributed by atoms with van der Waals surface area (Å²) >= 11 is 0. The van der Waals surface area contributed by atoms with E-state index in [4.69, 9.17) is 14.2 Å². The highest BCUT2D eigenvalue weighted by molar-refractivity contribution is 6.05. The molecule has 1 aliphatic heterocycles. The van der Waals surface area contributed by atoms with Gasteiger partial charge in [0.05, 0.1) is 47.3 Å². The second-order valence-electron chi connectivity index (χ2n) is 12.9. The molecule has 1 aliphatic rings. The number of nitrogens with zero attached hydrogens (tertiary/aromatic N) is 7. The van der Waals surface area contributed by atoms with Gasteiger partial charge < -0.3 is 29.6 Å². The third-order valence-corrected chi connectivity index (χ3v) is 8.66. The van der Waals surface area contributed by atoms with Crippen molar-refractivity contribution < 1.29 is 44.6 Å². The number of hydrogen-bond acceptors (Lipinski definition) is 13. The topological polar surface area (TPSA) is 185 Å². The van der Waals surface area contributed by atoms with E-state index < -0.39 is 18.0 Å². The van der Waals surface area contributed by atoms with Gasteiger partial charge in [0.1, 0.15) is 11.5 Å². The maximum atomic E-state index is 12.9. The molecule has 18 heteroatoms. The van der Waals surface area contributed by atoms with E-state index in [1.165, 1.54) is 49.3 Å². The number of anilines is 2. The Morgan fingerprint density at radius 2 is 1.23 bits per heavy atom. The van der Waals surface area contributed by atoms with E-state index in [9.17, 15) is 22.8 Å². The number of nitrogens with one attached hydrogen (secondary N) is 2. The summed E-state index contributed by atoms with van der Waals surface area (Å²) in [5, 5.41) is 5.31. The number of aryl methyl sites for hydroxylation is 3. The lowest BCUT2D eigenvalue weighted by Gasteiger charge is -2.14. The predicted molar refractivity (Wildman–Crippen MR) is 226 cm³/mol. The number of hydrogen-bond donors (Lipinski definition) is 2. The number of carbonyl (C=O) groups excluding carboxylic acids is 2. The van der Waals surface area contributed by atoms with Gasteiger partial charge in [-0.25, -0.2) is 15.0 Å². The van der Waals surface area contributed by atoms with Gasteiger partial charge >= 0.3 is 6.36 Å². The van der Waals surface area contributed by atoms with Gasteiger partial charge in [0.2, 0.25) is 12.7 Å². The highest BCUT2D eigenvalue weighted by atomic mass is 19.4. The van der Waals surface area contributed by atoms with Gasteiger partial charge in [-0.3, -0.25) is 29.5 Å². The van der Waals surface area contributed by atoms with Crippen LogP contribution in [0.1, 0.15) is 54.1 Å². The quantitative estimate of drug-likeness (QED) is 0.140. The average molecular weight is 850 g/mol. The lowest BCUT2D eigenvalue weighted by Crippen LogP contribution is -2.18. The van der Waals surface area contributed by atoms with Crippen LogP contribution in [0.3, 0.4) is 0 Å². The van der Waals surface area contributed by atoms with Gasteiger partial charge in [-0.1, -0.05) is 19.9 Å². The number of amides is 2. The minimum Gasteiger partial charge on any atom is -0.454 e. The molecule has 8 rings (SSSR count). The lowest BCUT2D eigenvalue weighted by atomic mass is 10.1. The largest absolute Gasteiger partial charge is 0.573 e. The first-order chi connectivity index (χ1) is 29.9. The van der Waals surface area contributed by atoms with Gasteiger partial charge in [-0.2, -0.15) is 0 Å². The number of ether oxygens (including phenoxy) is 4. The fraction of sp³-hybridized carbons (Fsp3) is 0.159. The van der Waals surface area contributed by atoms with Crippen molar-refractivity contribution in [3.63, 3.8) is 0 Å². The zero-order chi connectivity index (χ0) is 44.2. The Labute approximate surface area is 356 Å². The molecule has 0 atom stereocenters. The zero-order valence-electron chi connectivity index (χ0n) is 33.9. The molecule has 7 aromatic rings. The Morgan fingerprint density at radius 3 is 1.74 bits per heavy atom. The second-order valence-corrected chi connectivity index (χ2v) is 12.9. The molecule has 0 unspecified atom stereocenters. The van der Waals surface area contributed by atoms with Crippen LogP contribution < -0.4 is 29.6 Å². The third-order valence-electron chi connectivity index (χ3n) is 8.66. The first-order valence-electron chi connectivity index (χ1n) is 18.9. The number of benzene rings is 2. The minimum absolute atomic E-state index is 0. The van der Waals surface area contributed by atoms with E-state index in [1.807, 2.05) is 39.8 Å². The predicted octanol–water partition coefficient (Wildman–Crippen LogP) is 9.84. The Bertz CT molecular complexity index is 2670. The van der Waals surface area contributed by atoms with Crippen LogP contribution in [0, 0.1) is 20.8 Å². The van der Waals surface area contributed by atoms with Crippen LogP contribution >= 0.6 is 0 Å². The summed E-state index contributed by atoms with van der Waals surface area (Å²) in [7, 11) is 0. The molecule has 2 aromatic carbocycles. The number of rotatable bonds is 9. The average Bonchev–Trinajstić information content (AvgIpc) is 3.73. The Kier molecular flexibility index (Phi) is 13.9. The molecule has 0 bridgehead atoms. The number of carbonyl (C=O) groups is 2. The standard InChI is InChI=1S/C23H16F3N5O3.C19H16N4O3.C2H6.2H2/c1-14-7-9-27-11-17(14)22(32)31-20-13-29-18(12-30-20)16-10-15(33-21-4-2-3-8-28-21)5-6-19(16)34-23(24,25)26;1-11-3-4-20-7-14(11)19(24)23-18-9-21-15(8-22-18)13-6-17-16(5-12(13)2)25-10-26-17;1-2;;/h2-13H,1H3,(H,30,31,32);3-9H,10H2,1-2H3,(H,22,23,24);1-2H3;2*1H. The normalized spacial score (nSPS) is 11.2. The highest BCUT2D eigenvalue weighted by Crippen LogP contribution is 2.39. The molecule has 15 nitrogen and oxygen atoms in total. The highest BCUT2D eigenvalue weighted by Gasteiger charge is 2.32. The number of fused-ring (bicyclic) bond motifs is 1. The van der Waals surface area contributed by atoms with Crippen LogP contribution in [0.4, 0.5) is 24.8 Å². The summed E-state index contributed by atoms with van der Waals surface area (Å²) in [5.74, 6) is 1.18. The number of aromatic nitrogens is 7. The molecule has 62 heavy (non-hydrogen) atoms. The summed E-state index contributed by atoms with van der Waals surface area (Å²) in [5.41, 5.74) is 5.08. The second kappa shape index (κ2) is 19.8. The van der Waals surface area contributed by atoms with Crippen LogP contribution in [0.2, 0.25) is 0 Å². The van der Waals surface area contributed by atoms with Crippen molar-refractivity contribution in [1.29, 1.82) is 0 Å². The summed E-state index contributed by atoms with van der Waals surface area (Å²) in [6, 6.07) is 16.0. The molecule has 2 amide bonds. The van der Waals surface area contributed by atoms with Crippen LogP contribution in [0.5, 0.6) is 28.9 Å². The summed E-state index contributed by atoms with van der Waals surface area (Å²) in [6.07, 6.45) is 8.35. The molecule has 0 spiro atoms. The molecule has 0 aliphatic carbocycles. The number of halogens is 3. The molecular formula is C44H42F3N9O6. The SMILES string of the molecule is CC.Cc1ccncc1C(=O)Nc1cnc(-c2cc(Oc3ccccn3)ccc2OC(F)(F)F)cn1.Cc1ccncc1C(=O)Nc1cnc(-c2cc3c(cc2C)OCO3)cn1.[HH].[HH]. The van der Waals surface area contributed by atoms with E-state index in [0.717, 1.165) is 34.1 Å². The zero-order valence-corrected chi connectivity index (χ0v) is 33.9. The Hall–Kier alpha value is -8.02. The number of pyridine rings is 3. The van der Waals surface area contributed by atoms with E-state index in [-0.39, 0.29) is 44.3 Å². The first kappa shape index (κ1) is 43.6. The summed E-state index contributed by atoms with van der Waals surface area (Å²) in [4.78, 5) is 53.6. The van der Waals surface area contributed by atoms with Crippen LogP contribution in [-0.2, 0) is 0 Å². The van der Waals surface area contributed by atoms with Crippen molar-refractivity contribution in [3.05, 3.63) is 144 Å². The fourth-order valence-corrected chi connectivity index (χ4v) is 5.67. The maximum absolute atomic E-state index is 12.9. The Balaban J connectivity index is 0.000000270. The van der Waals surface area contributed by atoms with Gasteiger partial charge in [0.15, 0.2) is 23.1 Å². The van der Waals surface area contributed by atoms with E-state index in [2.05, 4.69) is 50.3 Å². The van der Waals surface area contributed by atoms with Crippen molar-refractivity contribution in [2.24, 2.45) is 0 Å². The monoisotopic (exact) mass is 849 g/mol. The van der Waals surface area contributed by atoms with E-state index >= 15 is 0 Å². The Morgan fingerprint density at radius 1 is 0.645 bits per heavy atom. The minimum atomic E-state index is -4.92.